The second-order valence-corrected chi connectivity index (χ2v) is 4.40. The van der Waals surface area contributed by atoms with Crippen LogP contribution in [0.2, 0.25) is 0 Å². The van der Waals surface area contributed by atoms with E-state index in [0.717, 1.165) is 30.5 Å². The van der Waals surface area contributed by atoms with Crippen molar-refractivity contribution in [2.75, 3.05) is 0 Å². The van der Waals surface area contributed by atoms with E-state index in [2.05, 4.69) is 0 Å². The highest BCUT2D eigenvalue weighted by molar-refractivity contribution is 5.90. The Hall–Kier alpha value is -3.67. The van der Waals surface area contributed by atoms with Crippen LogP contribution in [0.4, 0.5) is 10.1 Å². The molecule has 116 valence electrons. The van der Waals surface area contributed by atoms with Gasteiger partial charge in [-0.1, -0.05) is 0 Å². The van der Waals surface area contributed by atoms with Crippen molar-refractivity contribution in [3.05, 3.63) is 62.9 Å². The molecule has 0 aliphatic heterocycles. The lowest BCUT2D eigenvalue weighted by molar-refractivity contribution is -0.637. The van der Waals surface area contributed by atoms with Crippen LogP contribution in [0, 0.1) is 32.6 Å². The molecule has 1 heterocycles. The summed E-state index contributed by atoms with van der Waals surface area (Å²) in [6.07, 6.45) is 2.02. The van der Waals surface area contributed by atoms with Crippen LogP contribution in [-0.2, 0) is 0 Å². The van der Waals surface area contributed by atoms with Gasteiger partial charge >= 0.3 is 11.6 Å². The molecule has 0 atom stereocenters. The molecule has 0 radical (unpaired) electrons. The van der Waals surface area contributed by atoms with Crippen LogP contribution in [0.5, 0.6) is 11.5 Å². The van der Waals surface area contributed by atoms with E-state index in [9.17, 15) is 29.9 Å². The van der Waals surface area contributed by atoms with Crippen molar-refractivity contribution in [1.29, 1.82) is 5.26 Å². The van der Waals surface area contributed by atoms with Gasteiger partial charge in [-0.2, -0.15) is 5.26 Å². The Bertz CT molecular complexity index is 873. The van der Waals surface area contributed by atoms with Crippen LogP contribution in [0.15, 0.2) is 30.5 Å². The van der Waals surface area contributed by atoms with E-state index in [0.29, 0.717) is 0 Å². The number of phenolic OH excluding ortho intramolecular Hbond substituents is 2. The molecule has 0 spiro atoms. The Morgan fingerprint density at radius 1 is 1.39 bits per heavy atom. The smallest absolute Gasteiger partial charge is 0.371 e. The van der Waals surface area contributed by atoms with E-state index < -0.39 is 28.1 Å². The maximum atomic E-state index is 13.3. The van der Waals surface area contributed by atoms with Gasteiger partial charge in [0.15, 0.2) is 11.9 Å². The van der Waals surface area contributed by atoms with Gasteiger partial charge in [0.1, 0.15) is 0 Å². The molecule has 9 heteroatoms. The van der Waals surface area contributed by atoms with E-state index in [4.69, 9.17) is 5.26 Å². The molecule has 2 aromatic rings. The highest BCUT2D eigenvalue weighted by atomic mass is 19.1. The number of phenols is 2. The summed E-state index contributed by atoms with van der Waals surface area (Å²) in [7, 11) is 0. The predicted octanol–water partition coefficient (Wildman–Crippen LogP) is 1.84. The first-order valence-electron chi connectivity index (χ1n) is 6.04. The van der Waals surface area contributed by atoms with E-state index in [1.807, 2.05) is 0 Å². The molecule has 0 aliphatic rings. The van der Waals surface area contributed by atoms with Crippen molar-refractivity contribution in [2.24, 2.45) is 0 Å². The van der Waals surface area contributed by atoms with Crippen LogP contribution >= 0.6 is 0 Å². The number of aromatic hydroxyl groups is 2. The van der Waals surface area contributed by atoms with Gasteiger partial charge in [-0.25, -0.2) is 0 Å². The van der Waals surface area contributed by atoms with Gasteiger partial charge in [-0.15, -0.1) is 9.12 Å². The zero-order chi connectivity index (χ0) is 17.1. The van der Waals surface area contributed by atoms with Crippen LogP contribution in [0.3, 0.4) is 0 Å². The summed E-state index contributed by atoms with van der Waals surface area (Å²) in [6, 6.07) is 5.74. The quantitative estimate of drug-likeness (QED) is 0.169. The van der Waals surface area contributed by atoms with E-state index in [-0.39, 0.29) is 21.4 Å². The van der Waals surface area contributed by atoms with Gasteiger partial charge in [0.05, 0.1) is 22.6 Å². The third-order valence-electron chi connectivity index (χ3n) is 2.91. The van der Waals surface area contributed by atoms with Crippen LogP contribution in [0.1, 0.15) is 11.1 Å². The molecule has 2 N–H and O–H groups in total. The number of allylic oxidation sites excluding steroid dienone is 1. The Kier molecular flexibility index (Phi) is 4.09. The summed E-state index contributed by atoms with van der Waals surface area (Å²) in [5, 5.41) is 49.8. The van der Waals surface area contributed by atoms with E-state index >= 15 is 0 Å². The van der Waals surface area contributed by atoms with E-state index in [1.54, 1.807) is 6.07 Å². The summed E-state index contributed by atoms with van der Waals surface area (Å²) < 4.78 is 13.2. The van der Waals surface area contributed by atoms with Crippen LogP contribution in [-0.4, -0.2) is 15.1 Å². The van der Waals surface area contributed by atoms with Gasteiger partial charge < -0.3 is 15.4 Å². The van der Waals surface area contributed by atoms with Crippen molar-refractivity contribution in [2.45, 2.75) is 0 Å². The number of nitro groups is 1. The van der Waals surface area contributed by atoms with Crippen LogP contribution < -0.4 is 4.73 Å². The van der Waals surface area contributed by atoms with Gasteiger partial charge in [0, 0.05) is 17.7 Å². The minimum Gasteiger partial charge on any atom is -0.617 e. The molecule has 0 fully saturated rings. The monoisotopic (exact) mass is 317 g/mol. The number of hydrogen-bond acceptors (Lipinski definition) is 6. The highest BCUT2D eigenvalue weighted by Crippen LogP contribution is 2.37. The lowest BCUT2D eigenvalue weighted by Crippen LogP contribution is -2.30. The Morgan fingerprint density at radius 3 is 2.65 bits per heavy atom. The van der Waals surface area contributed by atoms with Crippen molar-refractivity contribution in [3.8, 4) is 17.6 Å². The maximum Gasteiger partial charge on any atom is 0.371 e. The average Bonchev–Trinajstić information content (AvgIpc) is 2.50. The minimum absolute atomic E-state index is 0.0320. The molecular weight excluding hydrogens is 309 g/mol. The number of pyridine rings is 1. The maximum absolute atomic E-state index is 13.3. The fourth-order valence-corrected chi connectivity index (χ4v) is 1.82. The summed E-state index contributed by atoms with van der Waals surface area (Å²) in [5.74, 6) is -2.76. The molecule has 8 nitrogen and oxygen atoms in total. The Balaban J connectivity index is 2.56. The molecule has 0 bridgehead atoms. The van der Waals surface area contributed by atoms with Crippen molar-refractivity contribution in [1.82, 2.24) is 0 Å². The number of nitrogens with zero attached hydrogens (tertiary/aromatic N) is 3. The summed E-state index contributed by atoms with van der Waals surface area (Å²) in [4.78, 5) is 9.89. The summed E-state index contributed by atoms with van der Waals surface area (Å²) in [6.45, 7) is 0. The number of hydrogen-bond donors (Lipinski definition) is 2. The van der Waals surface area contributed by atoms with Crippen molar-refractivity contribution < 1.29 is 24.3 Å². The van der Waals surface area contributed by atoms with E-state index in [1.165, 1.54) is 6.07 Å². The molecule has 1 aromatic carbocycles. The first-order valence-corrected chi connectivity index (χ1v) is 6.04. The van der Waals surface area contributed by atoms with Gasteiger partial charge in [0.2, 0.25) is 5.75 Å². The summed E-state index contributed by atoms with van der Waals surface area (Å²) in [5.41, 5.74) is -0.718. The topological polar surface area (TPSA) is 134 Å². The first kappa shape index (κ1) is 15.7. The molecular formula is C14H8FN3O5. The minimum atomic E-state index is -1.12. The fourth-order valence-electron chi connectivity index (χ4n) is 1.82. The summed E-state index contributed by atoms with van der Waals surface area (Å²) >= 11 is 0. The van der Waals surface area contributed by atoms with Gasteiger partial charge in [-0.05, 0) is 17.7 Å². The Morgan fingerprint density at radius 2 is 2.09 bits per heavy atom. The van der Waals surface area contributed by atoms with Crippen molar-refractivity contribution >= 4 is 17.3 Å². The highest BCUT2D eigenvalue weighted by Gasteiger charge is 2.19. The molecule has 0 unspecified atom stereocenters. The predicted molar refractivity (Wildman–Crippen MR) is 75.3 cm³/mol. The normalized spacial score (nSPS) is 11.0. The number of halogens is 1. The molecule has 0 saturated heterocycles. The number of nitriles is 1. The average molecular weight is 317 g/mol. The second-order valence-electron chi connectivity index (χ2n) is 4.40. The molecule has 0 amide bonds. The fraction of sp³-hybridized carbons (Fsp3) is 0. The molecule has 23 heavy (non-hydrogen) atoms. The van der Waals surface area contributed by atoms with Crippen molar-refractivity contribution in [3.63, 3.8) is 0 Å². The first-order chi connectivity index (χ1) is 10.8. The number of nitro benzene ring substituents is 1. The second kappa shape index (κ2) is 5.98. The molecule has 0 saturated carbocycles. The lowest BCUT2D eigenvalue weighted by atomic mass is 10.0. The lowest BCUT2D eigenvalue weighted by Gasteiger charge is -2.03. The standard InChI is InChI=1S/C14H8FN3O5/c15-13-6-9(1-2-17(13)21)10(7-16)3-8-4-11(18(22)23)14(20)12(19)5-8/h1-6,19-20H. The zero-order valence-corrected chi connectivity index (χ0v) is 11.3. The largest absolute Gasteiger partial charge is 0.617 e. The van der Waals surface area contributed by atoms with Gasteiger partial charge in [0.25, 0.3) is 0 Å². The number of rotatable bonds is 3. The van der Waals surface area contributed by atoms with Gasteiger partial charge in [-0.3, -0.25) is 10.1 Å². The molecule has 1 aromatic heterocycles. The third-order valence-corrected chi connectivity index (χ3v) is 2.91. The van der Waals surface area contributed by atoms with Crippen LogP contribution in [0.25, 0.3) is 11.6 Å². The number of aromatic nitrogens is 1. The Labute approximate surface area is 128 Å². The molecule has 2 rings (SSSR count). The number of benzene rings is 1. The zero-order valence-electron chi connectivity index (χ0n) is 11.3. The molecule has 0 aliphatic carbocycles. The third kappa shape index (κ3) is 3.16. The SMILES string of the molecule is N#CC(=Cc1cc(O)c(O)c([N+](=O)[O-])c1)c1cc[n+]([O-])c(F)c1.